The van der Waals surface area contributed by atoms with Crippen LogP contribution in [0.25, 0.3) is 0 Å². The van der Waals surface area contributed by atoms with Crippen LogP contribution in [-0.2, 0) is 4.74 Å². The molecule has 2 aliphatic rings. The number of ether oxygens (including phenoxy) is 2. The summed E-state index contributed by atoms with van der Waals surface area (Å²) in [6.07, 6.45) is 2.36. The van der Waals surface area contributed by atoms with E-state index < -0.39 is 6.10 Å². The molecule has 2 aromatic rings. The molecule has 148 valence electrons. The predicted octanol–water partition coefficient (Wildman–Crippen LogP) is 2.23. The van der Waals surface area contributed by atoms with Crippen LogP contribution < -0.4 is 9.64 Å². The van der Waals surface area contributed by atoms with Crippen LogP contribution in [0.2, 0.25) is 0 Å². The van der Waals surface area contributed by atoms with Crippen LogP contribution in [0.4, 0.5) is 5.82 Å². The molecule has 1 aromatic heterocycles. The standard InChI is InChI=1S/C21H25N3O4/c1-13-7-20(23-12-22-13)24-10-15-8-18(25)19(9-16(15)11-24)28-17-5-3-14(4-6-17)21(26)27-2/h3-7,12,15-16,18-19,25H,8-11H2,1-2H3/t15-,16+,18-,19-/m0/s1. The topological polar surface area (TPSA) is 84.8 Å². The number of aryl methyl sites for hydroxylation is 1. The molecule has 4 rings (SSSR count). The van der Waals surface area contributed by atoms with Gasteiger partial charge in [0.05, 0.1) is 18.8 Å². The van der Waals surface area contributed by atoms with E-state index in [2.05, 4.69) is 14.9 Å². The zero-order valence-electron chi connectivity index (χ0n) is 16.1. The molecule has 2 heterocycles. The van der Waals surface area contributed by atoms with Crippen molar-refractivity contribution in [2.75, 3.05) is 25.1 Å². The number of rotatable bonds is 4. The highest BCUT2D eigenvalue weighted by atomic mass is 16.5. The molecule has 0 radical (unpaired) electrons. The Hall–Kier alpha value is -2.67. The normalized spacial score (nSPS) is 26.6. The van der Waals surface area contributed by atoms with Gasteiger partial charge in [0.1, 0.15) is 24.0 Å². The molecule has 1 N–H and O–H groups in total. The largest absolute Gasteiger partial charge is 0.488 e. The third kappa shape index (κ3) is 3.80. The Morgan fingerprint density at radius 3 is 2.54 bits per heavy atom. The quantitative estimate of drug-likeness (QED) is 0.811. The smallest absolute Gasteiger partial charge is 0.337 e. The van der Waals surface area contributed by atoms with Gasteiger partial charge in [0.15, 0.2) is 0 Å². The summed E-state index contributed by atoms with van der Waals surface area (Å²) in [4.78, 5) is 22.4. The minimum absolute atomic E-state index is 0.252. The zero-order chi connectivity index (χ0) is 19.7. The number of hydrogen-bond acceptors (Lipinski definition) is 7. The molecular formula is C21H25N3O4. The van der Waals surface area contributed by atoms with Crippen molar-refractivity contribution in [1.29, 1.82) is 0 Å². The van der Waals surface area contributed by atoms with E-state index in [0.717, 1.165) is 37.4 Å². The number of aliphatic hydroxyl groups excluding tert-OH is 1. The van der Waals surface area contributed by atoms with E-state index in [9.17, 15) is 9.90 Å². The van der Waals surface area contributed by atoms with Crippen molar-refractivity contribution in [2.45, 2.75) is 32.0 Å². The van der Waals surface area contributed by atoms with Gasteiger partial charge in [-0.2, -0.15) is 0 Å². The van der Waals surface area contributed by atoms with Gasteiger partial charge in [-0.15, -0.1) is 0 Å². The molecule has 1 aliphatic heterocycles. The van der Waals surface area contributed by atoms with Crippen molar-refractivity contribution in [2.24, 2.45) is 11.8 Å². The number of anilines is 1. The van der Waals surface area contributed by atoms with E-state index in [4.69, 9.17) is 9.47 Å². The van der Waals surface area contributed by atoms with Crippen LogP contribution in [-0.4, -0.2) is 53.5 Å². The summed E-state index contributed by atoms with van der Waals surface area (Å²) in [5.74, 6) is 2.12. The van der Waals surface area contributed by atoms with Gasteiger partial charge in [-0.3, -0.25) is 0 Å². The molecule has 28 heavy (non-hydrogen) atoms. The van der Waals surface area contributed by atoms with Crippen molar-refractivity contribution >= 4 is 11.8 Å². The first-order valence-corrected chi connectivity index (χ1v) is 9.60. The fourth-order valence-electron chi connectivity index (χ4n) is 4.28. The molecule has 2 fully saturated rings. The van der Waals surface area contributed by atoms with Crippen molar-refractivity contribution in [1.82, 2.24) is 9.97 Å². The molecule has 0 unspecified atom stereocenters. The van der Waals surface area contributed by atoms with E-state index in [1.54, 1.807) is 30.6 Å². The Kier molecular flexibility index (Phi) is 5.17. The lowest BCUT2D eigenvalue weighted by Gasteiger charge is -2.35. The van der Waals surface area contributed by atoms with Crippen molar-refractivity contribution in [3.63, 3.8) is 0 Å². The second kappa shape index (κ2) is 7.75. The highest BCUT2D eigenvalue weighted by Gasteiger charge is 2.43. The van der Waals surface area contributed by atoms with Gasteiger partial charge in [0.2, 0.25) is 0 Å². The molecule has 1 aliphatic carbocycles. The third-order valence-corrected chi connectivity index (χ3v) is 5.76. The van der Waals surface area contributed by atoms with Crippen molar-refractivity contribution in [3.8, 4) is 5.75 Å². The number of carbonyl (C=O) groups is 1. The van der Waals surface area contributed by atoms with Crippen molar-refractivity contribution < 1.29 is 19.4 Å². The molecule has 7 nitrogen and oxygen atoms in total. The summed E-state index contributed by atoms with van der Waals surface area (Å²) in [6, 6.07) is 8.85. The maximum absolute atomic E-state index is 11.5. The summed E-state index contributed by atoms with van der Waals surface area (Å²) in [5.41, 5.74) is 1.43. The lowest BCUT2D eigenvalue weighted by molar-refractivity contribution is -0.0231. The Morgan fingerprint density at radius 1 is 1.14 bits per heavy atom. The lowest BCUT2D eigenvalue weighted by Crippen LogP contribution is -2.42. The molecular weight excluding hydrogens is 358 g/mol. The van der Waals surface area contributed by atoms with Gasteiger partial charge < -0.3 is 19.5 Å². The number of fused-ring (bicyclic) bond motifs is 1. The highest BCUT2D eigenvalue weighted by molar-refractivity contribution is 5.89. The number of aliphatic hydroxyl groups is 1. The second-order valence-corrected chi connectivity index (χ2v) is 7.65. The Balaban J connectivity index is 1.41. The van der Waals surface area contributed by atoms with Gasteiger partial charge >= 0.3 is 5.97 Å². The molecule has 1 saturated heterocycles. The maximum Gasteiger partial charge on any atom is 0.337 e. The van der Waals surface area contributed by atoms with Crippen LogP contribution in [0.1, 0.15) is 28.9 Å². The first kappa shape index (κ1) is 18.7. The molecule has 4 atom stereocenters. The number of esters is 1. The minimum Gasteiger partial charge on any atom is -0.488 e. The van der Waals surface area contributed by atoms with E-state index in [-0.39, 0.29) is 12.1 Å². The number of methoxy groups -OCH3 is 1. The monoisotopic (exact) mass is 383 g/mol. The number of benzene rings is 1. The minimum atomic E-state index is -0.506. The zero-order valence-corrected chi connectivity index (χ0v) is 16.1. The van der Waals surface area contributed by atoms with E-state index in [1.165, 1.54) is 7.11 Å². The van der Waals surface area contributed by atoms with Crippen LogP contribution in [0.15, 0.2) is 36.7 Å². The summed E-state index contributed by atoms with van der Waals surface area (Å²) >= 11 is 0. The summed E-state index contributed by atoms with van der Waals surface area (Å²) in [5, 5.41) is 10.6. The van der Waals surface area contributed by atoms with Gasteiger partial charge in [-0.1, -0.05) is 0 Å². The van der Waals surface area contributed by atoms with Gasteiger partial charge in [-0.25, -0.2) is 14.8 Å². The molecule has 1 aromatic carbocycles. The second-order valence-electron chi connectivity index (χ2n) is 7.65. The average Bonchev–Trinajstić information content (AvgIpc) is 3.11. The number of hydrogen-bond donors (Lipinski definition) is 1. The third-order valence-electron chi connectivity index (χ3n) is 5.76. The van der Waals surface area contributed by atoms with E-state index >= 15 is 0 Å². The van der Waals surface area contributed by atoms with E-state index in [1.807, 2.05) is 13.0 Å². The molecule has 0 amide bonds. The fourth-order valence-corrected chi connectivity index (χ4v) is 4.28. The summed E-state index contributed by atoms with van der Waals surface area (Å²) < 4.78 is 10.8. The van der Waals surface area contributed by atoms with Gasteiger partial charge in [0, 0.05) is 24.8 Å². The van der Waals surface area contributed by atoms with E-state index in [0.29, 0.717) is 23.1 Å². The van der Waals surface area contributed by atoms with Crippen molar-refractivity contribution in [3.05, 3.63) is 47.9 Å². The summed E-state index contributed by atoms with van der Waals surface area (Å²) in [6.45, 7) is 3.78. The van der Waals surface area contributed by atoms with Gasteiger partial charge in [0.25, 0.3) is 0 Å². The Labute approximate surface area is 164 Å². The molecule has 7 heteroatoms. The number of carbonyl (C=O) groups excluding carboxylic acids is 1. The van der Waals surface area contributed by atoms with Crippen LogP contribution in [0, 0.1) is 18.8 Å². The maximum atomic E-state index is 11.5. The molecule has 0 spiro atoms. The predicted molar refractivity (Wildman–Crippen MR) is 103 cm³/mol. The first-order chi connectivity index (χ1) is 13.5. The number of aromatic nitrogens is 2. The SMILES string of the molecule is COC(=O)c1ccc(O[C@H]2C[C@@H]3CN(c4cc(C)ncn4)C[C@@H]3C[C@@H]2O)cc1. The van der Waals surface area contributed by atoms with Gasteiger partial charge in [-0.05, 0) is 55.9 Å². The summed E-state index contributed by atoms with van der Waals surface area (Å²) in [7, 11) is 1.36. The lowest BCUT2D eigenvalue weighted by atomic mass is 9.78. The van der Waals surface area contributed by atoms with Crippen LogP contribution in [0.3, 0.4) is 0 Å². The molecule has 1 saturated carbocycles. The Bertz CT molecular complexity index is 842. The van der Waals surface area contributed by atoms with Crippen LogP contribution in [0.5, 0.6) is 5.75 Å². The first-order valence-electron chi connectivity index (χ1n) is 9.60. The number of nitrogens with zero attached hydrogens (tertiary/aromatic N) is 3. The fraction of sp³-hybridized carbons (Fsp3) is 0.476. The highest BCUT2D eigenvalue weighted by Crippen LogP contribution is 2.39. The average molecular weight is 383 g/mol. The molecule has 0 bridgehead atoms. The van der Waals surface area contributed by atoms with Crippen LogP contribution >= 0.6 is 0 Å². The Morgan fingerprint density at radius 2 is 1.86 bits per heavy atom.